The molecule has 4 rings (SSSR count). The number of hydrogen-bond acceptors (Lipinski definition) is 3. The molecule has 0 amide bonds. The van der Waals surface area contributed by atoms with E-state index in [0.29, 0.717) is 6.42 Å². The first kappa shape index (κ1) is 14.0. The van der Waals surface area contributed by atoms with Crippen LogP contribution in [0.1, 0.15) is 11.1 Å². The van der Waals surface area contributed by atoms with Gasteiger partial charge in [0.1, 0.15) is 11.2 Å². The van der Waals surface area contributed by atoms with Crippen LogP contribution in [0, 0.1) is 0 Å². The third-order valence-corrected chi connectivity index (χ3v) is 4.25. The molecular formula is C20H18N2O. The summed E-state index contributed by atoms with van der Waals surface area (Å²) in [6.45, 7) is 0. The smallest absolute Gasteiger partial charge is 0.135 e. The van der Waals surface area contributed by atoms with Crippen molar-refractivity contribution in [2.24, 2.45) is 11.5 Å². The monoisotopic (exact) mass is 302 g/mol. The van der Waals surface area contributed by atoms with Crippen LogP contribution in [0.25, 0.3) is 21.9 Å². The summed E-state index contributed by atoms with van der Waals surface area (Å²) in [4.78, 5) is 0. The van der Waals surface area contributed by atoms with Crippen LogP contribution >= 0.6 is 0 Å². The average Bonchev–Trinajstić information content (AvgIpc) is 2.93. The van der Waals surface area contributed by atoms with E-state index in [1.807, 2.05) is 54.6 Å². The highest BCUT2D eigenvalue weighted by Crippen LogP contribution is 2.30. The number of hydrogen-bond donors (Lipinski definition) is 2. The Morgan fingerprint density at radius 2 is 1.43 bits per heavy atom. The first-order valence-corrected chi connectivity index (χ1v) is 7.67. The molecule has 4 N–H and O–H groups in total. The van der Waals surface area contributed by atoms with Gasteiger partial charge >= 0.3 is 0 Å². The Morgan fingerprint density at radius 1 is 0.739 bits per heavy atom. The van der Waals surface area contributed by atoms with E-state index in [1.54, 1.807) is 0 Å². The van der Waals surface area contributed by atoms with Crippen molar-refractivity contribution in [3.05, 3.63) is 83.9 Å². The molecule has 1 aromatic heterocycles. The second-order valence-electron chi connectivity index (χ2n) is 6.01. The van der Waals surface area contributed by atoms with Crippen LogP contribution in [0.15, 0.2) is 77.2 Å². The van der Waals surface area contributed by atoms with E-state index in [2.05, 4.69) is 18.2 Å². The zero-order chi connectivity index (χ0) is 15.9. The van der Waals surface area contributed by atoms with Gasteiger partial charge in [0.05, 0.1) is 5.66 Å². The quantitative estimate of drug-likeness (QED) is 0.564. The van der Waals surface area contributed by atoms with E-state index in [1.165, 1.54) is 0 Å². The van der Waals surface area contributed by atoms with Gasteiger partial charge in [-0.15, -0.1) is 0 Å². The number of furan rings is 1. The van der Waals surface area contributed by atoms with Crippen molar-refractivity contribution in [2.75, 3.05) is 0 Å². The van der Waals surface area contributed by atoms with Crippen molar-refractivity contribution < 1.29 is 4.42 Å². The predicted octanol–water partition coefficient (Wildman–Crippen LogP) is 3.90. The second kappa shape index (κ2) is 5.23. The van der Waals surface area contributed by atoms with Crippen molar-refractivity contribution in [3.63, 3.8) is 0 Å². The van der Waals surface area contributed by atoms with Crippen molar-refractivity contribution in [1.29, 1.82) is 0 Å². The summed E-state index contributed by atoms with van der Waals surface area (Å²) in [5.74, 6) is 0. The zero-order valence-corrected chi connectivity index (χ0v) is 12.7. The fourth-order valence-electron chi connectivity index (χ4n) is 3.07. The normalized spacial score (nSPS) is 12.1. The third-order valence-electron chi connectivity index (χ3n) is 4.25. The van der Waals surface area contributed by atoms with Crippen LogP contribution in [-0.4, -0.2) is 0 Å². The summed E-state index contributed by atoms with van der Waals surface area (Å²) in [5, 5.41) is 2.24. The van der Waals surface area contributed by atoms with Gasteiger partial charge in [-0.25, -0.2) is 0 Å². The summed E-state index contributed by atoms with van der Waals surface area (Å²) < 4.78 is 5.93. The van der Waals surface area contributed by atoms with Crippen LogP contribution in [0.5, 0.6) is 0 Å². The highest BCUT2D eigenvalue weighted by atomic mass is 16.3. The molecule has 0 spiro atoms. The molecule has 1 heterocycles. The molecule has 0 fully saturated rings. The van der Waals surface area contributed by atoms with Crippen LogP contribution in [-0.2, 0) is 12.1 Å². The zero-order valence-electron chi connectivity index (χ0n) is 12.7. The maximum Gasteiger partial charge on any atom is 0.135 e. The molecule has 114 valence electrons. The molecule has 0 aliphatic heterocycles. The van der Waals surface area contributed by atoms with Gasteiger partial charge < -0.3 is 15.9 Å². The van der Waals surface area contributed by atoms with Gasteiger partial charge in [-0.1, -0.05) is 60.7 Å². The lowest BCUT2D eigenvalue weighted by Crippen LogP contribution is -2.48. The van der Waals surface area contributed by atoms with Crippen molar-refractivity contribution in [1.82, 2.24) is 0 Å². The van der Waals surface area contributed by atoms with Crippen molar-refractivity contribution in [3.8, 4) is 0 Å². The molecule has 0 atom stereocenters. The van der Waals surface area contributed by atoms with E-state index in [4.69, 9.17) is 15.9 Å². The summed E-state index contributed by atoms with van der Waals surface area (Å²) in [6.07, 6.45) is 0.546. The van der Waals surface area contributed by atoms with Gasteiger partial charge in [0.25, 0.3) is 0 Å². The molecule has 3 aromatic carbocycles. The molecule has 0 bridgehead atoms. The Balaban J connectivity index is 1.73. The topological polar surface area (TPSA) is 65.2 Å². The Bertz CT molecular complexity index is 971. The lowest BCUT2D eigenvalue weighted by atomic mass is 9.93. The maximum atomic E-state index is 6.34. The number of nitrogens with two attached hydrogens (primary N) is 2. The number of rotatable bonds is 3. The summed E-state index contributed by atoms with van der Waals surface area (Å²) >= 11 is 0. The SMILES string of the molecule is NC(N)(Cc1ccc2c(c1)oc1ccccc12)c1ccccc1. The summed E-state index contributed by atoms with van der Waals surface area (Å²) in [6, 6.07) is 24.0. The Hall–Kier alpha value is -2.62. The average molecular weight is 302 g/mol. The Labute approximate surface area is 134 Å². The molecule has 4 aromatic rings. The fourth-order valence-corrected chi connectivity index (χ4v) is 3.07. The van der Waals surface area contributed by atoms with Crippen molar-refractivity contribution in [2.45, 2.75) is 12.1 Å². The minimum absolute atomic E-state index is 0.546. The van der Waals surface area contributed by atoms with Crippen molar-refractivity contribution >= 4 is 21.9 Å². The van der Waals surface area contributed by atoms with Gasteiger partial charge in [-0.3, -0.25) is 0 Å². The van der Waals surface area contributed by atoms with Gasteiger partial charge in [0, 0.05) is 17.2 Å². The molecule has 0 radical (unpaired) electrons. The largest absolute Gasteiger partial charge is 0.456 e. The Morgan fingerprint density at radius 3 is 2.26 bits per heavy atom. The predicted molar refractivity (Wildman–Crippen MR) is 93.9 cm³/mol. The van der Waals surface area contributed by atoms with Gasteiger partial charge in [-0.2, -0.15) is 0 Å². The first-order chi connectivity index (χ1) is 11.1. The van der Waals surface area contributed by atoms with E-state index >= 15 is 0 Å². The standard InChI is InChI=1S/C20H18N2O/c21-20(22,15-6-2-1-3-7-15)13-14-10-11-17-16-8-4-5-9-18(16)23-19(17)12-14/h1-12H,13,21-22H2. The fraction of sp³-hybridized carbons (Fsp3) is 0.100. The molecule has 0 unspecified atom stereocenters. The molecule has 0 saturated carbocycles. The first-order valence-electron chi connectivity index (χ1n) is 7.67. The number of para-hydroxylation sites is 1. The molecule has 0 aliphatic carbocycles. The third kappa shape index (κ3) is 2.50. The van der Waals surface area contributed by atoms with E-state index < -0.39 is 5.66 Å². The van der Waals surface area contributed by atoms with Crippen LogP contribution < -0.4 is 11.5 Å². The minimum Gasteiger partial charge on any atom is -0.456 e. The molecule has 3 nitrogen and oxygen atoms in total. The summed E-state index contributed by atoms with van der Waals surface area (Å²) in [7, 11) is 0. The molecule has 3 heteroatoms. The van der Waals surface area contributed by atoms with E-state index in [-0.39, 0.29) is 0 Å². The summed E-state index contributed by atoms with van der Waals surface area (Å²) in [5.41, 5.74) is 15.5. The molecule has 23 heavy (non-hydrogen) atoms. The molecular weight excluding hydrogens is 284 g/mol. The van der Waals surface area contributed by atoms with Gasteiger partial charge in [-0.05, 0) is 23.3 Å². The van der Waals surface area contributed by atoms with Gasteiger partial charge in [0.2, 0.25) is 0 Å². The maximum absolute atomic E-state index is 6.34. The number of fused-ring (bicyclic) bond motifs is 3. The lowest BCUT2D eigenvalue weighted by Gasteiger charge is -2.25. The van der Waals surface area contributed by atoms with E-state index in [0.717, 1.165) is 33.1 Å². The highest BCUT2D eigenvalue weighted by molar-refractivity contribution is 6.04. The molecule has 0 aliphatic rings. The second-order valence-corrected chi connectivity index (χ2v) is 6.01. The molecule has 0 saturated heterocycles. The van der Waals surface area contributed by atoms with Crippen LogP contribution in [0.4, 0.5) is 0 Å². The highest BCUT2D eigenvalue weighted by Gasteiger charge is 2.22. The van der Waals surface area contributed by atoms with Gasteiger partial charge in [0.15, 0.2) is 0 Å². The van der Waals surface area contributed by atoms with E-state index in [9.17, 15) is 0 Å². The number of benzene rings is 3. The lowest BCUT2D eigenvalue weighted by molar-refractivity contribution is 0.462. The Kier molecular flexibility index (Phi) is 3.18. The minimum atomic E-state index is -0.902. The van der Waals surface area contributed by atoms with Crippen LogP contribution in [0.3, 0.4) is 0 Å². The van der Waals surface area contributed by atoms with Crippen LogP contribution in [0.2, 0.25) is 0 Å².